The van der Waals surface area contributed by atoms with Gasteiger partial charge in [0.15, 0.2) is 11.6 Å². The summed E-state index contributed by atoms with van der Waals surface area (Å²) in [6.45, 7) is 7.27. The highest BCUT2D eigenvalue weighted by atomic mass is 19.1. The first kappa shape index (κ1) is 22.5. The Balaban J connectivity index is 1.74. The Morgan fingerprint density at radius 3 is 2.53 bits per heavy atom. The maximum Gasteiger partial charge on any atom is 0.250 e. The molecule has 0 saturated carbocycles. The number of para-hydroxylation sites is 1. The summed E-state index contributed by atoms with van der Waals surface area (Å²) in [6.07, 6.45) is 3.96. The van der Waals surface area contributed by atoms with E-state index < -0.39 is 11.6 Å². The van der Waals surface area contributed by atoms with Crippen LogP contribution in [0, 0.1) is 5.82 Å². The molecule has 0 aliphatic rings. The van der Waals surface area contributed by atoms with E-state index in [2.05, 4.69) is 28.2 Å². The minimum atomic E-state index is -0.713. The topological polar surface area (TPSA) is 107 Å². The van der Waals surface area contributed by atoms with Crippen LogP contribution in [0.3, 0.4) is 0 Å². The van der Waals surface area contributed by atoms with Crippen molar-refractivity contribution in [3.05, 3.63) is 97.2 Å². The van der Waals surface area contributed by atoms with E-state index in [1.807, 2.05) is 30.3 Å². The number of amides is 1. The van der Waals surface area contributed by atoms with Crippen molar-refractivity contribution in [3.8, 4) is 5.69 Å². The monoisotopic (exact) mass is 456 g/mol. The van der Waals surface area contributed by atoms with Gasteiger partial charge in [-0.25, -0.2) is 19.0 Å². The number of anilines is 2. The summed E-state index contributed by atoms with van der Waals surface area (Å²) in [7, 11) is 0. The molecule has 2 aromatic carbocycles. The van der Waals surface area contributed by atoms with Gasteiger partial charge in [0, 0.05) is 24.7 Å². The Bertz CT molecular complexity index is 1410. The molecule has 0 saturated heterocycles. The number of halogens is 1. The number of nitrogen functional groups attached to an aromatic ring is 1. The van der Waals surface area contributed by atoms with Crippen LogP contribution in [0.25, 0.3) is 16.7 Å². The highest BCUT2D eigenvalue weighted by molar-refractivity contribution is 6.04. The number of allylic oxidation sites excluding steroid dienone is 1. The van der Waals surface area contributed by atoms with Crippen molar-refractivity contribution in [1.29, 1.82) is 0 Å². The van der Waals surface area contributed by atoms with Crippen molar-refractivity contribution in [2.75, 3.05) is 17.2 Å². The zero-order valence-electron chi connectivity index (χ0n) is 18.2. The normalized spacial score (nSPS) is 10.7. The van der Waals surface area contributed by atoms with Gasteiger partial charge in [-0.15, -0.1) is 0 Å². The van der Waals surface area contributed by atoms with Gasteiger partial charge in [-0.05, 0) is 36.4 Å². The van der Waals surface area contributed by atoms with Gasteiger partial charge in [0.2, 0.25) is 5.91 Å². The molecular weight excluding hydrogens is 435 g/mol. The predicted molar refractivity (Wildman–Crippen MR) is 128 cm³/mol. The van der Waals surface area contributed by atoms with Crippen LogP contribution in [-0.2, 0) is 11.2 Å². The third-order valence-electron chi connectivity index (χ3n) is 5.29. The molecular formula is C25H21FN6O2. The van der Waals surface area contributed by atoms with E-state index in [4.69, 9.17) is 5.73 Å². The van der Waals surface area contributed by atoms with Crippen LogP contribution in [0.4, 0.5) is 15.9 Å². The summed E-state index contributed by atoms with van der Waals surface area (Å²) in [5.74, 6) is -1.33. The molecule has 34 heavy (non-hydrogen) atoms. The maximum atomic E-state index is 14.6. The fourth-order valence-electron chi connectivity index (χ4n) is 3.63. The molecule has 0 unspecified atom stereocenters. The zero-order valence-corrected chi connectivity index (χ0v) is 18.2. The van der Waals surface area contributed by atoms with Gasteiger partial charge in [0.1, 0.15) is 23.2 Å². The molecule has 0 aliphatic heterocycles. The Labute approximate surface area is 194 Å². The van der Waals surface area contributed by atoms with E-state index in [-0.39, 0.29) is 17.3 Å². The summed E-state index contributed by atoms with van der Waals surface area (Å²) in [5.41, 5.74) is 8.52. The van der Waals surface area contributed by atoms with Gasteiger partial charge in [0.05, 0.1) is 16.9 Å². The van der Waals surface area contributed by atoms with Crippen molar-refractivity contribution in [2.24, 2.45) is 0 Å². The fraction of sp³-hybridized carbons (Fsp3) is 0.0800. The number of nitrogens with two attached hydrogens (primary N) is 1. The molecule has 8 nitrogen and oxygen atoms in total. The summed E-state index contributed by atoms with van der Waals surface area (Å²) in [5, 5.41) is 4.61. The molecule has 0 atom stereocenters. The van der Waals surface area contributed by atoms with E-state index in [1.54, 1.807) is 11.0 Å². The number of hydrogen-bond acceptors (Lipinski definition) is 6. The predicted octanol–water partition coefficient (Wildman–Crippen LogP) is 3.67. The third-order valence-corrected chi connectivity index (χ3v) is 5.29. The number of nitrogens with zero attached hydrogens (tertiary/aromatic N) is 5. The first-order chi connectivity index (χ1) is 16.4. The molecule has 0 aliphatic carbocycles. The number of fused-ring (bicyclic) bond motifs is 1. The second kappa shape index (κ2) is 9.45. The highest BCUT2D eigenvalue weighted by Crippen LogP contribution is 2.26. The molecule has 2 heterocycles. The molecule has 2 N–H and O–H groups in total. The van der Waals surface area contributed by atoms with Crippen molar-refractivity contribution >= 4 is 34.2 Å². The summed E-state index contributed by atoms with van der Waals surface area (Å²) in [4.78, 5) is 34.3. The summed E-state index contributed by atoms with van der Waals surface area (Å²) < 4.78 is 16.1. The lowest BCUT2D eigenvalue weighted by molar-refractivity contribution is -0.114. The zero-order chi connectivity index (χ0) is 24.2. The van der Waals surface area contributed by atoms with Crippen LogP contribution in [0.5, 0.6) is 0 Å². The number of aromatic nitrogens is 4. The van der Waals surface area contributed by atoms with E-state index in [9.17, 15) is 14.0 Å². The van der Waals surface area contributed by atoms with Crippen molar-refractivity contribution in [2.45, 2.75) is 6.42 Å². The minimum Gasteiger partial charge on any atom is -0.382 e. The van der Waals surface area contributed by atoms with Crippen molar-refractivity contribution in [1.82, 2.24) is 19.7 Å². The lowest BCUT2D eigenvalue weighted by Crippen LogP contribution is -2.31. The van der Waals surface area contributed by atoms with Crippen LogP contribution in [0.15, 0.2) is 80.2 Å². The molecule has 170 valence electrons. The number of ketones is 1. The van der Waals surface area contributed by atoms with E-state index in [0.29, 0.717) is 35.4 Å². The van der Waals surface area contributed by atoms with Gasteiger partial charge >= 0.3 is 0 Å². The van der Waals surface area contributed by atoms with Crippen LogP contribution < -0.4 is 10.6 Å². The lowest BCUT2D eigenvalue weighted by atomic mass is 10.1. The molecule has 9 heteroatoms. The van der Waals surface area contributed by atoms with Gasteiger partial charge in [-0.1, -0.05) is 31.4 Å². The molecule has 2 aromatic heterocycles. The number of hydrogen-bond donors (Lipinski definition) is 1. The van der Waals surface area contributed by atoms with Gasteiger partial charge in [0.25, 0.3) is 0 Å². The van der Waals surface area contributed by atoms with Gasteiger partial charge < -0.3 is 10.6 Å². The van der Waals surface area contributed by atoms with Gasteiger partial charge in [-0.2, -0.15) is 5.10 Å². The Hall–Kier alpha value is -4.66. The first-order valence-electron chi connectivity index (χ1n) is 10.4. The van der Waals surface area contributed by atoms with Crippen LogP contribution in [0.2, 0.25) is 0 Å². The van der Waals surface area contributed by atoms with Crippen LogP contribution in [0.1, 0.15) is 16.1 Å². The fourth-order valence-corrected chi connectivity index (χ4v) is 3.63. The van der Waals surface area contributed by atoms with Crippen LogP contribution in [-0.4, -0.2) is 38.0 Å². The lowest BCUT2D eigenvalue weighted by Gasteiger charge is -2.20. The largest absolute Gasteiger partial charge is 0.382 e. The average molecular weight is 456 g/mol. The molecule has 4 aromatic rings. The van der Waals surface area contributed by atoms with E-state index >= 15 is 0 Å². The molecule has 0 fully saturated rings. The van der Waals surface area contributed by atoms with Crippen molar-refractivity contribution < 1.29 is 14.0 Å². The Kier molecular flexibility index (Phi) is 6.26. The molecule has 0 radical (unpaired) electrons. The minimum absolute atomic E-state index is 0.0962. The average Bonchev–Trinajstić information content (AvgIpc) is 3.24. The molecule has 4 rings (SSSR count). The molecule has 1 amide bonds. The first-order valence-corrected chi connectivity index (χ1v) is 10.4. The second-order valence-electron chi connectivity index (χ2n) is 7.33. The number of rotatable bonds is 8. The smallest absolute Gasteiger partial charge is 0.250 e. The summed E-state index contributed by atoms with van der Waals surface area (Å²) in [6, 6.07) is 13.3. The number of benzene rings is 2. The summed E-state index contributed by atoms with van der Waals surface area (Å²) >= 11 is 0. The standard InChI is InChI=1S/C25H21FN6O2/c1-3-21(33)18-11-10-17(14-19(18)26)32-24-23(28-15-29-25(24)27)20(30-32)12-13-31(22(34)4-2)16-8-6-5-7-9-16/h3-11,14-15H,1-2,12-13H2,(H2,27,28,29). The maximum absolute atomic E-state index is 14.6. The third kappa shape index (κ3) is 4.18. The molecule has 0 spiro atoms. The number of carbonyl (C=O) groups is 2. The van der Waals surface area contributed by atoms with Gasteiger partial charge in [-0.3, -0.25) is 9.59 Å². The SMILES string of the molecule is C=CC(=O)c1ccc(-n2nc(CCN(C(=O)C=C)c3ccccc3)c3ncnc(N)c32)cc1F. The van der Waals surface area contributed by atoms with E-state index in [1.165, 1.54) is 29.2 Å². The Morgan fingerprint density at radius 1 is 1.09 bits per heavy atom. The number of carbonyl (C=O) groups excluding carboxylic acids is 2. The highest BCUT2D eigenvalue weighted by Gasteiger charge is 2.20. The van der Waals surface area contributed by atoms with Crippen molar-refractivity contribution in [3.63, 3.8) is 0 Å². The van der Waals surface area contributed by atoms with Crippen LogP contribution >= 0.6 is 0 Å². The van der Waals surface area contributed by atoms with E-state index in [0.717, 1.165) is 11.8 Å². The quantitative estimate of drug-likeness (QED) is 0.320. The second-order valence-corrected chi connectivity index (χ2v) is 7.33. The molecule has 0 bridgehead atoms. The Morgan fingerprint density at radius 2 is 1.85 bits per heavy atom.